The van der Waals surface area contributed by atoms with Gasteiger partial charge < -0.3 is 0 Å². The Balaban J connectivity index is 2.68. The Morgan fingerprint density at radius 3 is 3.20 bits per heavy atom. The normalized spacial score (nSPS) is 9.20. The first kappa shape index (κ1) is 6.74. The van der Waals surface area contributed by atoms with Crippen molar-refractivity contribution in [1.82, 2.24) is 10.2 Å². The van der Waals surface area contributed by atoms with Crippen molar-refractivity contribution < 1.29 is 4.79 Å². The van der Waals surface area contributed by atoms with Crippen molar-refractivity contribution in [3.05, 3.63) is 30.6 Å². The van der Waals surface area contributed by atoms with Gasteiger partial charge in [-0.3, -0.25) is 9.89 Å². The Bertz CT molecular complexity index is 226. The Labute approximate surface area is 58.8 Å². The fourth-order valence-electron chi connectivity index (χ4n) is 0.652. The highest BCUT2D eigenvalue weighted by molar-refractivity contribution is 5.96. The van der Waals surface area contributed by atoms with E-state index in [4.69, 9.17) is 0 Å². The molecule has 0 aliphatic carbocycles. The number of allylic oxidation sites excluding steroid dienone is 1. The zero-order chi connectivity index (χ0) is 7.40. The van der Waals surface area contributed by atoms with E-state index in [9.17, 15) is 4.79 Å². The van der Waals surface area contributed by atoms with Crippen molar-refractivity contribution in [1.29, 1.82) is 0 Å². The number of hydrogen-bond donors (Lipinski definition) is 1. The minimum absolute atomic E-state index is 0.0451. The van der Waals surface area contributed by atoms with Gasteiger partial charge in [-0.25, -0.2) is 0 Å². The van der Waals surface area contributed by atoms with Crippen molar-refractivity contribution >= 4 is 5.78 Å². The Hall–Kier alpha value is -1.38. The van der Waals surface area contributed by atoms with Crippen LogP contribution in [-0.4, -0.2) is 16.0 Å². The summed E-state index contributed by atoms with van der Waals surface area (Å²) < 4.78 is 0. The van der Waals surface area contributed by atoms with Crippen LogP contribution in [0.15, 0.2) is 25.0 Å². The predicted molar refractivity (Wildman–Crippen MR) is 37.7 cm³/mol. The highest BCUT2D eigenvalue weighted by Crippen LogP contribution is 1.98. The first-order chi connectivity index (χ1) is 4.84. The molecule has 0 aromatic carbocycles. The van der Waals surface area contributed by atoms with E-state index in [0.717, 1.165) is 0 Å². The SMILES string of the molecule is C=CCC(=O)c1cn[nH]c1. The van der Waals surface area contributed by atoms with Crippen molar-refractivity contribution in [2.45, 2.75) is 6.42 Å². The molecule has 1 aromatic heterocycles. The highest BCUT2D eigenvalue weighted by atomic mass is 16.1. The number of nitrogens with zero attached hydrogens (tertiary/aromatic N) is 1. The maximum absolute atomic E-state index is 11.0. The molecular weight excluding hydrogens is 128 g/mol. The second-order valence-electron chi connectivity index (χ2n) is 1.90. The number of rotatable bonds is 3. The van der Waals surface area contributed by atoms with Gasteiger partial charge in [0, 0.05) is 12.6 Å². The van der Waals surface area contributed by atoms with Gasteiger partial charge in [0.15, 0.2) is 5.78 Å². The standard InChI is InChI=1S/C7H8N2O/c1-2-3-7(10)6-4-8-9-5-6/h2,4-5H,1,3H2,(H,8,9). The number of carbonyl (C=O) groups is 1. The van der Waals surface area contributed by atoms with Gasteiger partial charge in [-0.2, -0.15) is 5.10 Å². The Morgan fingerprint density at radius 2 is 2.70 bits per heavy atom. The molecule has 0 amide bonds. The minimum atomic E-state index is 0.0451. The molecule has 1 rings (SSSR count). The molecule has 0 atom stereocenters. The van der Waals surface area contributed by atoms with Gasteiger partial charge in [0.2, 0.25) is 0 Å². The molecule has 1 heterocycles. The molecule has 1 N–H and O–H groups in total. The summed E-state index contributed by atoms with van der Waals surface area (Å²) in [5, 5.41) is 6.21. The molecular formula is C7H8N2O. The predicted octanol–water partition coefficient (Wildman–Crippen LogP) is 1.17. The van der Waals surface area contributed by atoms with Crippen LogP contribution >= 0.6 is 0 Å². The maximum atomic E-state index is 11.0. The second kappa shape index (κ2) is 2.96. The fraction of sp³-hybridized carbons (Fsp3) is 0.143. The molecule has 3 nitrogen and oxygen atoms in total. The first-order valence-electron chi connectivity index (χ1n) is 2.97. The molecule has 0 unspecified atom stereocenters. The van der Waals surface area contributed by atoms with E-state index < -0.39 is 0 Å². The summed E-state index contributed by atoms with van der Waals surface area (Å²) >= 11 is 0. The fourth-order valence-corrected chi connectivity index (χ4v) is 0.652. The number of carbonyl (C=O) groups excluding carboxylic acids is 1. The number of hydrogen-bond acceptors (Lipinski definition) is 2. The summed E-state index contributed by atoms with van der Waals surface area (Å²) in [6, 6.07) is 0. The Kier molecular flexibility index (Phi) is 1.99. The summed E-state index contributed by atoms with van der Waals surface area (Å²) in [4.78, 5) is 11.0. The quantitative estimate of drug-likeness (QED) is 0.500. The Morgan fingerprint density at radius 1 is 1.90 bits per heavy atom. The lowest BCUT2D eigenvalue weighted by atomic mass is 10.2. The lowest BCUT2D eigenvalue weighted by Crippen LogP contribution is -1.93. The number of H-pyrrole nitrogens is 1. The smallest absolute Gasteiger partial charge is 0.169 e. The van der Waals surface area contributed by atoms with E-state index in [1.54, 1.807) is 12.3 Å². The molecule has 0 bridgehead atoms. The van der Waals surface area contributed by atoms with E-state index in [0.29, 0.717) is 12.0 Å². The minimum Gasteiger partial charge on any atom is -0.294 e. The van der Waals surface area contributed by atoms with Crippen LogP contribution in [0.5, 0.6) is 0 Å². The van der Waals surface area contributed by atoms with E-state index in [-0.39, 0.29) is 5.78 Å². The molecule has 0 radical (unpaired) electrons. The van der Waals surface area contributed by atoms with Gasteiger partial charge in [0.25, 0.3) is 0 Å². The van der Waals surface area contributed by atoms with Crippen LogP contribution in [-0.2, 0) is 0 Å². The monoisotopic (exact) mass is 136 g/mol. The van der Waals surface area contributed by atoms with Crippen molar-refractivity contribution in [2.75, 3.05) is 0 Å². The van der Waals surface area contributed by atoms with Crippen LogP contribution in [0.3, 0.4) is 0 Å². The van der Waals surface area contributed by atoms with Gasteiger partial charge in [0.1, 0.15) is 0 Å². The number of aromatic amines is 1. The molecule has 0 spiro atoms. The summed E-state index contributed by atoms with van der Waals surface area (Å²) in [6.45, 7) is 3.46. The molecule has 1 aromatic rings. The third kappa shape index (κ3) is 1.31. The molecule has 10 heavy (non-hydrogen) atoms. The van der Waals surface area contributed by atoms with Crippen molar-refractivity contribution in [3.8, 4) is 0 Å². The zero-order valence-corrected chi connectivity index (χ0v) is 5.50. The third-order valence-corrected chi connectivity index (χ3v) is 1.15. The molecule has 0 aliphatic heterocycles. The number of Topliss-reactive ketones (excluding diaryl/α,β-unsaturated/α-hetero) is 1. The van der Waals surface area contributed by atoms with Crippen LogP contribution in [0.1, 0.15) is 16.8 Å². The number of ketones is 1. The molecule has 0 aliphatic rings. The van der Waals surface area contributed by atoms with Gasteiger partial charge in [-0.05, 0) is 0 Å². The average molecular weight is 136 g/mol. The van der Waals surface area contributed by atoms with Gasteiger partial charge >= 0.3 is 0 Å². The summed E-state index contributed by atoms with van der Waals surface area (Å²) in [7, 11) is 0. The largest absolute Gasteiger partial charge is 0.294 e. The van der Waals surface area contributed by atoms with E-state index in [2.05, 4.69) is 16.8 Å². The summed E-state index contributed by atoms with van der Waals surface area (Å²) in [5.41, 5.74) is 0.611. The lowest BCUT2D eigenvalue weighted by molar-refractivity contribution is 0.0996. The van der Waals surface area contributed by atoms with Gasteiger partial charge in [0.05, 0.1) is 11.8 Å². The lowest BCUT2D eigenvalue weighted by Gasteiger charge is -1.86. The van der Waals surface area contributed by atoms with Crippen molar-refractivity contribution in [2.24, 2.45) is 0 Å². The zero-order valence-electron chi connectivity index (χ0n) is 5.50. The van der Waals surface area contributed by atoms with E-state index >= 15 is 0 Å². The summed E-state index contributed by atoms with van der Waals surface area (Å²) in [5.74, 6) is 0.0451. The molecule has 0 saturated heterocycles. The van der Waals surface area contributed by atoms with Crippen LogP contribution in [0, 0.1) is 0 Å². The maximum Gasteiger partial charge on any atom is 0.169 e. The summed E-state index contributed by atoms with van der Waals surface area (Å²) in [6.07, 6.45) is 5.03. The molecule has 3 heteroatoms. The van der Waals surface area contributed by atoms with Gasteiger partial charge in [-0.15, -0.1) is 6.58 Å². The van der Waals surface area contributed by atoms with Crippen LogP contribution < -0.4 is 0 Å². The van der Waals surface area contributed by atoms with Gasteiger partial charge in [-0.1, -0.05) is 6.08 Å². The molecule has 52 valence electrons. The number of nitrogens with one attached hydrogen (secondary N) is 1. The van der Waals surface area contributed by atoms with Crippen LogP contribution in [0.25, 0.3) is 0 Å². The average Bonchev–Trinajstić information content (AvgIpc) is 2.38. The topological polar surface area (TPSA) is 45.8 Å². The first-order valence-corrected chi connectivity index (χ1v) is 2.97. The third-order valence-electron chi connectivity index (χ3n) is 1.15. The number of aromatic nitrogens is 2. The van der Waals surface area contributed by atoms with Crippen LogP contribution in [0.2, 0.25) is 0 Å². The van der Waals surface area contributed by atoms with E-state index in [1.165, 1.54) is 6.20 Å². The van der Waals surface area contributed by atoms with E-state index in [1.807, 2.05) is 0 Å². The second-order valence-corrected chi connectivity index (χ2v) is 1.90. The van der Waals surface area contributed by atoms with Crippen molar-refractivity contribution in [3.63, 3.8) is 0 Å². The molecule has 0 saturated carbocycles. The molecule has 0 fully saturated rings. The highest BCUT2D eigenvalue weighted by Gasteiger charge is 2.02. The van der Waals surface area contributed by atoms with Crippen LogP contribution in [0.4, 0.5) is 0 Å².